The van der Waals surface area contributed by atoms with Gasteiger partial charge in [0.1, 0.15) is 18.1 Å². The van der Waals surface area contributed by atoms with Crippen molar-refractivity contribution in [1.82, 2.24) is 5.43 Å². The predicted molar refractivity (Wildman–Crippen MR) is 127 cm³/mol. The van der Waals surface area contributed by atoms with Gasteiger partial charge in [-0.3, -0.25) is 20.4 Å². The second-order valence-electron chi connectivity index (χ2n) is 7.63. The molecule has 0 saturated carbocycles. The van der Waals surface area contributed by atoms with Gasteiger partial charge in [0.15, 0.2) is 0 Å². The van der Waals surface area contributed by atoms with Gasteiger partial charge in [0.05, 0.1) is 18.7 Å². The van der Waals surface area contributed by atoms with Gasteiger partial charge in [-0.25, -0.2) is 0 Å². The Morgan fingerprint density at radius 1 is 1.06 bits per heavy atom. The van der Waals surface area contributed by atoms with Gasteiger partial charge >= 0.3 is 0 Å². The number of para-hydroxylation sites is 2. The summed E-state index contributed by atoms with van der Waals surface area (Å²) >= 11 is 5.92. The van der Waals surface area contributed by atoms with Crippen LogP contribution in [-0.2, 0) is 16.2 Å². The highest BCUT2D eigenvalue weighted by Crippen LogP contribution is 2.28. The topological polar surface area (TPSA) is 79.9 Å². The number of hydrazine groups is 1. The van der Waals surface area contributed by atoms with Crippen LogP contribution in [0.25, 0.3) is 0 Å². The molecule has 0 aromatic heterocycles. The minimum Gasteiger partial charge on any atom is -0.497 e. The second kappa shape index (κ2) is 10.3. The Bertz CT molecular complexity index is 1120. The number of ether oxygens (including phenoxy) is 2. The molecule has 1 aliphatic heterocycles. The molecule has 0 radical (unpaired) electrons. The van der Waals surface area contributed by atoms with Gasteiger partial charge in [0.25, 0.3) is 0 Å². The van der Waals surface area contributed by atoms with Crippen LogP contribution in [0.1, 0.15) is 12.0 Å². The van der Waals surface area contributed by atoms with Gasteiger partial charge in [0.2, 0.25) is 11.8 Å². The van der Waals surface area contributed by atoms with E-state index in [9.17, 15) is 9.59 Å². The summed E-state index contributed by atoms with van der Waals surface area (Å²) in [7, 11) is 1.59. The molecule has 33 heavy (non-hydrogen) atoms. The lowest BCUT2D eigenvalue weighted by Gasteiger charge is -2.18. The second-order valence-corrected chi connectivity index (χ2v) is 8.07. The first kappa shape index (κ1) is 22.5. The van der Waals surface area contributed by atoms with E-state index in [4.69, 9.17) is 21.1 Å². The van der Waals surface area contributed by atoms with Crippen LogP contribution in [0, 0.1) is 5.92 Å². The molecule has 0 spiro atoms. The number of halogens is 1. The third-order valence-corrected chi connectivity index (χ3v) is 5.65. The standard InChI is InChI=1S/C25H24ClN3O4/c1-32-21-12-10-20(11-13-21)29-15-18(14-24(29)30)25(31)28-27-22-4-2-3-5-23(22)33-16-17-6-8-19(26)9-7-17/h2-13,18,27H,14-16H2,1H3,(H,28,31)/t18-/m1/s1. The van der Waals surface area contributed by atoms with Crippen molar-refractivity contribution in [2.24, 2.45) is 5.92 Å². The molecule has 7 nitrogen and oxygen atoms in total. The Morgan fingerprint density at radius 2 is 1.79 bits per heavy atom. The van der Waals surface area contributed by atoms with Gasteiger partial charge < -0.3 is 14.4 Å². The number of nitrogens with one attached hydrogen (secondary N) is 2. The van der Waals surface area contributed by atoms with Crippen molar-refractivity contribution in [3.8, 4) is 11.5 Å². The molecular weight excluding hydrogens is 442 g/mol. The van der Waals surface area contributed by atoms with E-state index in [-0.39, 0.29) is 18.2 Å². The van der Waals surface area contributed by atoms with Crippen molar-refractivity contribution in [2.45, 2.75) is 13.0 Å². The maximum Gasteiger partial charge on any atom is 0.243 e. The Balaban J connectivity index is 1.34. The first-order valence-electron chi connectivity index (χ1n) is 10.5. The van der Waals surface area contributed by atoms with Crippen LogP contribution in [0.3, 0.4) is 0 Å². The molecule has 1 fully saturated rings. The summed E-state index contributed by atoms with van der Waals surface area (Å²) in [6, 6.07) is 21.9. The van der Waals surface area contributed by atoms with Crippen LogP contribution >= 0.6 is 11.6 Å². The minimum atomic E-state index is -0.464. The fourth-order valence-electron chi connectivity index (χ4n) is 3.56. The van der Waals surface area contributed by atoms with E-state index in [1.54, 1.807) is 30.2 Å². The fourth-order valence-corrected chi connectivity index (χ4v) is 3.69. The Hall–Kier alpha value is -3.71. The Labute approximate surface area is 197 Å². The van der Waals surface area contributed by atoms with E-state index in [2.05, 4.69) is 10.9 Å². The minimum absolute atomic E-state index is 0.0907. The number of benzene rings is 3. The maximum absolute atomic E-state index is 12.7. The molecule has 1 atom stereocenters. The van der Waals surface area contributed by atoms with Crippen molar-refractivity contribution < 1.29 is 19.1 Å². The Kier molecular flexibility index (Phi) is 7.00. The molecule has 170 valence electrons. The number of hydrogen-bond donors (Lipinski definition) is 2. The average Bonchev–Trinajstić information content (AvgIpc) is 3.24. The lowest BCUT2D eigenvalue weighted by Crippen LogP contribution is -2.36. The lowest BCUT2D eigenvalue weighted by atomic mass is 10.1. The molecule has 1 aliphatic rings. The summed E-state index contributed by atoms with van der Waals surface area (Å²) in [5, 5.41) is 0.666. The highest BCUT2D eigenvalue weighted by Gasteiger charge is 2.35. The third-order valence-electron chi connectivity index (χ3n) is 5.39. The molecule has 8 heteroatoms. The number of anilines is 2. The molecule has 2 amide bonds. The van der Waals surface area contributed by atoms with Crippen LogP contribution in [0.2, 0.25) is 5.02 Å². The van der Waals surface area contributed by atoms with Crippen LogP contribution in [0.15, 0.2) is 72.8 Å². The molecule has 0 unspecified atom stereocenters. The SMILES string of the molecule is COc1ccc(N2C[C@H](C(=O)NNc3ccccc3OCc3ccc(Cl)cc3)CC2=O)cc1. The van der Waals surface area contributed by atoms with Crippen molar-refractivity contribution in [1.29, 1.82) is 0 Å². The smallest absolute Gasteiger partial charge is 0.243 e. The number of carbonyl (C=O) groups excluding carboxylic acids is 2. The highest BCUT2D eigenvalue weighted by atomic mass is 35.5. The number of carbonyl (C=O) groups is 2. The van der Waals surface area contributed by atoms with Gasteiger partial charge in [-0.15, -0.1) is 0 Å². The molecule has 1 saturated heterocycles. The number of rotatable bonds is 8. The zero-order chi connectivity index (χ0) is 23.2. The summed E-state index contributed by atoms with van der Waals surface area (Å²) in [4.78, 5) is 26.8. The summed E-state index contributed by atoms with van der Waals surface area (Å²) in [6.07, 6.45) is 0.147. The molecule has 0 bridgehead atoms. The first-order valence-corrected chi connectivity index (χ1v) is 10.9. The van der Waals surface area contributed by atoms with Gasteiger partial charge in [0, 0.05) is 23.7 Å². The summed E-state index contributed by atoms with van der Waals surface area (Å²) in [5.74, 6) is 0.490. The molecule has 2 N–H and O–H groups in total. The third kappa shape index (κ3) is 5.56. The number of amides is 2. The van der Waals surface area contributed by atoms with E-state index in [0.717, 1.165) is 11.3 Å². The van der Waals surface area contributed by atoms with E-state index >= 15 is 0 Å². The summed E-state index contributed by atoms with van der Waals surface area (Å²) in [5.41, 5.74) is 7.98. The van der Waals surface area contributed by atoms with E-state index in [0.29, 0.717) is 35.4 Å². The average molecular weight is 466 g/mol. The summed E-state index contributed by atoms with van der Waals surface area (Å²) in [6.45, 7) is 0.672. The molecule has 3 aromatic carbocycles. The Morgan fingerprint density at radius 3 is 2.52 bits per heavy atom. The first-order chi connectivity index (χ1) is 16.0. The van der Waals surface area contributed by atoms with Crippen molar-refractivity contribution in [3.05, 3.63) is 83.4 Å². The van der Waals surface area contributed by atoms with Crippen LogP contribution in [0.5, 0.6) is 11.5 Å². The summed E-state index contributed by atoms with van der Waals surface area (Å²) < 4.78 is 11.1. The molecule has 1 heterocycles. The quantitative estimate of drug-likeness (QED) is 0.481. The fraction of sp³-hybridized carbons (Fsp3) is 0.200. The highest BCUT2D eigenvalue weighted by molar-refractivity contribution is 6.30. The van der Waals surface area contributed by atoms with Crippen molar-refractivity contribution in [3.63, 3.8) is 0 Å². The normalized spacial score (nSPS) is 15.3. The van der Waals surface area contributed by atoms with Gasteiger partial charge in [-0.1, -0.05) is 35.9 Å². The van der Waals surface area contributed by atoms with Crippen LogP contribution < -0.4 is 25.2 Å². The monoisotopic (exact) mass is 465 g/mol. The molecular formula is C25H24ClN3O4. The molecule has 3 aromatic rings. The number of nitrogens with zero attached hydrogens (tertiary/aromatic N) is 1. The van der Waals surface area contributed by atoms with E-state index in [1.807, 2.05) is 54.6 Å². The molecule has 0 aliphatic carbocycles. The predicted octanol–water partition coefficient (Wildman–Crippen LogP) is 4.42. The van der Waals surface area contributed by atoms with Crippen molar-refractivity contribution in [2.75, 3.05) is 24.0 Å². The number of methoxy groups -OCH3 is 1. The lowest BCUT2D eigenvalue weighted by molar-refractivity contribution is -0.125. The zero-order valence-electron chi connectivity index (χ0n) is 18.1. The molecule has 4 rings (SSSR count). The number of hydrogen-bond acceptors (Lipinski definition) is 5. The van der Waals surface area contributed by atoms with E-state index < -0.39 is 5.92 Å². The van der Waals surface area contributed by atoms with Crippen molar-refractivity contribution >= 4 is 34.8 Å². The maximum atomic E-state index is 12.7. The van der Waals surface area contributed by atoms with E-state index in [1.165, 1.54) is 0 Å². The van der Waals surface area contributed by atoms with Gasteiger partial charge in [-0.05, 0) is 54.1 Å². The largest absolute Gasteiger partial charge is 0.497 e. The van der Waals surface area contributed by atoms with Crippen LogP contribution in [0.4, 0.5) is 11.4 Å². The van der Waals surface area contributed by atoms with Crippen LogP contribution in [-0.4, -0.2) is 25.5 Å². The van der Waals surface area contributed by atoms with Gasteiger partial charge in [-0.2, -0.15) is 0 Å². The zero-order valence-corrected chi connectivity index (χ0v) is 18.8.